The number of anilines is 1. The molecule has 0 fully saturated rings. The number of fused-ring (bicyclic) bond motifs is 1. The van der Waals surface area contributed by atoms with Gasteiger partial charge in [0.25, 0.3) is 0 Å². The SMILES string of the molecule is CNc1nc(-c2cc(C)nc3ccccc23)nc(C)c1F. The van der Waals surface area contributed by atoms with Gasteiger partial charge in [0.05, 0.1) is 11.2 Å². The molecule has 0 radical (unpaired) electrons. The smallest absolute Gasteiger partial charge is 0.186 e. The number of aromatic nitrogens is 3. The number of benzene rings is 1. The number of hydrogen-bond donors (Lipinski definition) is 1. The normalized spacial score (nSPS) is 10.9. The molecule has 1 N–H and O–H groups in total. The predicted octanol–water partition coefficient (Wildman–Crippen LogP) is 3.49. The van der Waals surface area contributed by atoms with Gasteiger partial charge in [-0.3, -0.25) is 4.98 Å². The van der Waals surface area contributed by atoms with E-state index in [4.69, 9.17) is 0 Å². The van der Waals surface area contributed by atoms with Crippen molar-refractivity contribution in [3.63, 3.8) is 0 Å². The second kappa shape index (κ2) is 5.09. The Hall–Kier alpha value is -2.56. The standard InChI is InChI=1S/C16H15FN4/c1-9-8-12(11-6-4-5-7-13(11)19-9)15-20-10(2)14(17)16(18-3)21-15/h4-8H,1-3H3,(H,18,20,21). The summed E-state index contributed by atoms with van der Waals surface area (Å²) < 4.78 is 13.9. The minimum absolute atomic E-state index is 0.205. The monoisotopic (exact) mass is 282 g/mol. The summed E-state index contributed by atoms with van der Waals surface area (Å²) in [4.78, 5) is 13.1. The summed E-state index contributed by atoms with van der Waals surface area (Å²) in [5.74, 6) is 0.285. The van der Waals surface area contributed by atoms with Crippen LogP contribution in [0.1, 0.15) is 11.4 Å². The van der Waals surface area contributed by atoms with E-state index < -0.39 is 5.82 Å². The number of para-hydroxylation sites is 1. The molecule has 21 heavy (non-hydrogen) atoms. The van der Waals surface area contributed by atoms with Crippen LogP contribution in [0.15, 0.2) is 30.3 Å². The number of nitrogens with zero attached hydrogens (tertiary/aromatic N) is 3. The molecule has 5 heteroatoms. The maximum Gasteiger partial charge on any atom is 0.186 e. The fourth-order valence-electron chi connectivity index (χ4n) is 2.34. The largest absolute Gasteiger partial charge is 0.371 e. The lowest BCUT2D eigenvalue weighted by Gasteiger charge is -2.10. The lowest BCUT2D eigenvalue weighted by atomic mass is 10.1. The highest BCUT2D eigenvalue weighted by Gasteiger charge is 2.14. The van der Waals surface area contributed by atoms with Crippen LogP contribution in [0.25, 0.3) is 22.3 Å². The number of nitrogens with one attached hydrogen (secondary N) is 1. The van der Waals surface area contributed by atoms with E-state index in [1.807, 2.05) is 37.3 Å². The Morgan fingerprint density at radius 1 is 1.05 bits per heavy atom. The molecular weight excluding hydrogens is 267 g/mol. The Balaban J connectivity index is 2.32. The third-order valence-corrected chi connectivity index (χ3v) is 3.34. The van der Waals surface area contributed by atoms with E-state index in [1.54, 1.807) is 14.0 Å². The zero-order valence-corrected chi connectivity index (χ0v) is 12.1. The fraction of sp³-hybridized carbons (Fsp3) is 0.188. The molecule has 0 aliphatic heterocycles. The van der Waals surface area contributed by atoms with Crippen molar-refractivity contribution in [2.75, 3.05) is 12.4 Å². The Labute approximate surface area is 122 Å². The average Bonchev–Trinajstić information content (AvgIpc) is 2.49. The van der Waals surface area contributed by atoms with Crippen molar-refractivity contribution in [1.82, 2.24) is 15.0 Å². The van der Waals surface area contributed by atoms with Gasteiger partial charge in [-0.25, -0.2) is 14.4 Å². The van der Waals surface area contributed by atoms with Crippen LogP contribution >= 0.6 is 0 Å². The van der Waals surface area contributed by atoms with Gasteiger partial charge in [0.1, 0.15) is 0 Å². The Bertz CT molecular complexity index is 830. The highest BCUT2D eigenvalue weighted by Crippen LogP contribution is 2.28. The quantitative estimate of drug-likeness (QED) is 0.781. The van der Waals surface area contributed by atoms with Crippen LogP contribution in [0.2, 0.25) is 0 Å². The van der Waals surface area contributed by atoms with Crippen LogP contribution < -0.4 is 5.32 Å². The molecule has 0 aliphatic rings. The van der Waals surface area contributed by atoms with Crippen molar-refractivity contribution < 1.29 is 4.39 Å². The second-order valence-corrected chi connectivity index (χ2v) is 4.87. The van der Waals surface area contributed by atoms with Gasteiger partial charge < -0.3 is 5.32 Å². The summed E-state index contributed by atoms with van der Waals surface area (Å²) in [6.07, 6.45) is 0. The van der Waals surface area contributed by atoms with Crippen LogP contribution in [-0.4, -0.2) is 22.0 Å². The number of halogens is 1. The number of aryl methyl sites for hydroxylation is 2. The van der Waals surface area contributed by atoms with Gasteiger partial charge in [-0.2, -0.15) is 0 Å². The van der Waals surface area contributed by atoms with Gasteiger partial charge in [0.2, 0.25) is 0 Å². The van der Waals surface area contributed by atoms with Gasteiger partial charge in [0.15, 0.2) is 17.5 Å². The van der Waals surface area contributed by atoms with Crippen LogP contribution in [0.3, 0.4) is 0 Å². The molecule has 0 amide bonds. The lowest BCUT2D eigenvalue weighted by molar-refractivity contribution is 0.607. The van der Waals surface area contributed by atoms with Gasteiger partial charge in [-0.15, -0.1) is 0 Å². The van der Waals surface area contributed by atoms with Crippen molar-refractivity contribution in [3.05, 3.63) is 47.5 Å². The topological polar surface area (TPSA) is 50.7 Å². The van der Waals surface area contributed by atoms with Gasteiger partial charge in [-0.05, 0) is 26.0 Å². The molecule has 0 bridgehead atoms. The van der Waals surface area contributed by atoms with Crippen LogP contribution in [0, 0.1) is 19.7 Å². The third kappa shape index (κ3) is 2.31. The molecule has 3 aromatic rings. The van der Waals surface area contributed by atoms with Gasteiger partial charge >= 0.3 is 0 Å². The summed E-state index contributed by atoms with van der Waals surface area (Å²) in [5.41, 5.74) is 2.94. The summed E-state index contributed by atoms with van der Waals surface area (Å²) in [6, 6.07) is 9.72. The van der Waals surface area contributed by atoms with Crippen molar-refractivity contribution in [2.24, 2.45) is 0 Å². The van der Waals surface area contributed by atoms with E-state index in [0.717, 1.165) is 22.2 Å². The van der Waals surface area contributed by atoms with Crippen LogP contribution in [0.4, 0.5) is 10.2 Å². The predicted molar refractivity (Wildman–Crippen MR) is 81.7 cm³/mol. The first-order valence-corrected chi connectivity index (χ1v) is 6.69. The summed E-state index contributed by atoms with van der Waals surface area (Å²) >= 11 is 0. The highest BCUT2D eigenvalue weighted by atomic mass is 19.1. The molecule has 106 valence electrons. The van der Waals surface area contributed by atoms with Crippen molar-refractivity contribution >= 4 is 16.7 Å². The van der Waals surface area contributed by atoms with E-state index in [1.165, 1.54) is 0 Å². The number of pyridine rings is 1. The maximum absolute atomic E-state index is 13.9. The fourth-order valence-corrected chi connectivity index (χ4v) is 2.34. The molecule has 0 saturated carbocycles. The zero-order chi connectivity index (χ0) is 15.0. The number of hydrogen-bond acceptors (Lipinski definition) is 4. The van der Waals surface area contributed by atoms with Crippen LogP contribution in [0.5, 0.6) is 0 Å². The molecule has 4 nitrogen and oxygen atoms in total. The molecule has 1 aromatic carbocycles. The van der Waals surface area contributed by atoms with E-state index >= 15 is 0 Å². The molecule has 0 saturated heterocycles. The van der Waals surface area contributed by atoms with Crippen LogP contribution in [-0.2, 0) is 0 Å². The highest BCUT2D eigenvalue weighted by molar-refractivity contribution is 5.93. The minimum Gasteiger partial charge on any atom is -0.371 e. The van der Waals surface area contributed by atoms with Crippen molar-refractivity contribution in [1.29, 1.82) is 0 Å². The summed E-state index contributed by atoms with van der Waals surface area (Å²) in [5, 5.41) is 3.72. The van der Waals surface area contributed by atoms with Crippen molar-refractivity contribution in [2.45, 2.75) is 13.8 Å². The molecular formula is C16H15FN4. The minimum atomic E-state index is -0.420. The van der Waals surface area contributed by atoms with E-state index in [9.17, 15) is 4.39 Å². The molecule has 0 unspecified atom stereocenters. The number of rotatable bonds is 2. The van der Waals surface area contributed by atoms with Gasteiger partial charge in [-0.1, -0.05) is 18.2 Å². The molecule has 2 aromatic heterocycles. The van der Waals surface area contributed by atoms with E-state index in [-0.39, 0.29) is 5.82 Å². The molecule has 3 rings (SSSR count). The van der Waals surface area contributed by atoms with Crippen molar-refractivity contribution in [3.8, 4) is 11.4 Å². The molecule has 0 atom stereocenters. The van der Waals surface area contributed by atoms with E-state index in [2.05, 4.69) is 20.3 Å². The Morgan fingerprint density at radius 3 is 2.57 bits per heavy atom. The van der Waals surface area contributed by atoms with E-state index in [0.29, 0.717) is 11.5 Å². The molecule has 0 aliphatic carbocycles. The zero-order valence-electron chi connectivity index (χ0n) is 12.1. The summed E-state index contributed by atoms with van der Waals surface area (Å²) in [7, 11) is 1.64. The maximum atomic E-state index is 13.9. The molecule has 0 spiro atoms. The first-order valence-electron chi connectivity index (χ1n) is 6.69. The Kier molecular flexibility index (Phi) is 3.25. The molecule has 2 heterocycles. The lowest BCUT2D eigenvalue weighted by Crippen LogP contribution is -2.04. The second-order valence-electron chi connectivity index (χ2n) is 4.87. The summed E-state index contributed by atoms with van der Waals surface area (Å²) in [6.45, 7) is 3.56. The first-order chi connectivity index (χ1) is 10.1. The first kappa shape index (κ1) is 13.4. The Morgan fingerprint density at radius 2 is 1.81 bits per heavy atom. The van der Waals surface area contributed by atoms with Gasteiger partial charge in [0, 0.05) is 23.7 Å². The third-order valence-electron chi connectivity index (χ3n) is 3.34. The average molecular weight is 282 g/mol.